The Labute approximate surface area is 120 Å². The van der Waals surface area contributed by atoms with Gasteiger partial charge in [-0.15, -0.1) is 15.3 Å². The van der Waals surface area contributed by atoms with Crippen LogP contribution >= 0.6 is 0 Å². The molecule has 2 aromatic heterocycles. The summed E-state index contributed by atoms with van der Waals surface area (Å²) >= 11 is 0. The molecule has 0 bridgehead atoms. The molecule has 0 aliphatic carbocycles. The smallest absolute Gasteiger partial charge is 0.368 e. The molecule has 0 fully saturated rings. The molecule has 0 amide bonds. The van der Waals surface area contributed by atoms with Crippen LogP contribution in [-0.2, 0) is 6.18 Å². The Hall–Kier alpha value is -1.86. The van der Waals surface area contributed by atoms with E-state index in [1.54, 1.807) is 6.07 Å². The number of alkyl halides is 3. The minimum absolute atomic E-state index is 0.00329. The molecule has 0 aromatic carbocycles. The van der Waals surface area contributed by atoms with Gasteiger partial charge in [0, 0.05) is 6.54 Å². The van der Waals surface area contributed by atoms with Crippen LogP contribution in [-0.4, -0.2) is 26.4 Å². The second kappa shape index (κ2) is 5.16. The summed E-state index contributed by atoms with van der Waals surface area (Å²) in [5.74, 6) is -0.333. The number of rotatable bonds is 4. The number of aromatic nitrogens is 4. The summed E-state index contributed by atoms with van der Waals surface area (Å²) in [6.45, 7) is 8.97. The maximum atomic E-state index is 12.8. The Morgan fingerprint density at radius 1 is 1.19 bits per heavy atom. The summed E-state index contributed by atoms with van der Waals surface area (Å²) < 4.78 is 39.1. The number of nitrogens with zero attached hydrogens (tertiary/aromatic N) is 4. The molecule has 0 spiro atoms. The summed E-state index contributed by atoms with van der Waals surface area (Å²) in [4.78, 5) is 0. The van der Waals surface area contributed by atoms with Crippen LogP contribution in [0.2, 0.25) is 0 Å². The fourth-order valence-electron chi connectivity index (χ4n) is 1.58. The molecular formula is C13H18F3N5. The van der Waals surface area contributed by atoms with Crippen molar-refractivity contribution in [1.82, 2.24) is 19.8 Å². The number of nitrogens with one attached hydrogen (secondary N) is 1. The highest BCUT2D eigenvalue weighted by Crippen LogP contribution is 2.28. The van der Waals surface area contributed by atoms with Gasteiger partial charge in [0.2, 0.25) is 0 Å². The van der Waals surface area contributed by atoms with E-state index in [1.165, 1.54) is 6.07 Å². The molecule has 2 aromatic rings. The van der Waals surface area contributed by atoms with Gasteiger partial charge in [-0.1, -0.05) is 27.7 Å². The molecule has 0 aliphatic rings. The third-order valence-electron chi connectivity index (χ3n) is 3.80. The van der Waals surface area contributed by atoms with Crippen LogP contribution in [0.25, 0.3) is 5.65 Å². The van der Waals surface area contributed by atoms with Gasteiger partial charge >= 0.3 is 6.18 Å². The lowest BCUT2D eigenvalue weighted by atomic mass is 9.81. The van der Waals surface area contributed by atoms with Crippen LogP contribution in [0.5, 0.6) is 0 Å². The minimum atomic E-state index is -4.58. The lowest BCUT2D eigenvalue weighted by molar-refractivity contribution is -0.146. The van der Waals surface area contributed by atoms with Crippen molar-refractivity contribution >= 4 is 11.5 Å². The SMILES string of the molecule is CC(C)C(C)(C)CNc1ccc2nnc(C(F)(F)F)n2n1. The Balaban J connectivity index is 2.27. The zero-order valence-electron chi connectivity index (χ0n) is 12.4. The molecule has 8 heteroatoms. The van der Waals surface area contributed by atoms with Crippen LogP contribution in [0.3, 0.4) is 0 Å². The summed E-state index contributed by atoms with van der Waals surface area (Å²) in [6.07, 6.45) is -4.58. The van der Waals surface area contributed by atoms with Crippen LogP contribution in [0.15, 0.2) is 12.1 Å². The van der Waals surface area contributed by atoms with E-state index in [0.29, 0.717) is 22.8 Å². The molecule has 116 valence electrons. The molecular weight excluding hydrogens is 283 g/mol. The van der Waals surface area contributed by atoms with Crippen LogP contribution in [0.4, 0.5) is 19.0 Å². The molecule has 21 heavy (non-hydrogen) atoms. The topological polar surface area (TPSA) is 55.1 Å². The van der Waals surface area contributed by atoms with Gasteiger partial charge in [0.05, 0.1) is 0 Å². The van der Waals surface area contributed by atoms with Gasteiger partial charge in [-0.25, -0.2) is 0 Å². The molecule has 0 saturated heterocycles. The van der Waals surface area contributed by atoms with E-state index < -0.39 is 12.0 Å². The predicted molar refractivity (Wildman–Crippen MR) is 72.9 cm³/mol. The van der Waals surface area contributed by atoms with Crippen molar-refractivity contribution in [1.29, 1.82) is 0 Å². The van der Waals surface area contributed by atoms with Crippen molar-refractivity contribution in [3.8, 4) is 0 Å². The predicted octanol–water partition coefficient (Wildman–Crippen LogP) is 3.24. The van der Waals surface area contributed by atoms with Crippen molar-refractivity contribution in [3.63, 3.8) is 0 Å². The van der Waals surface area contributed by atoms with E-state index in [2.05, 4.69) is 48.3 Å². The number of fused-ring (bicyclic) bond motifs is 1. The minimum Gasteiger partial charge on any atom is -0.368 e. The van der Waals surface area contributed by atoms with E-state index >= 15 is 0 Å². The van der Waals surface area contributed by atoms with Crippen molar-refractivity contribution in [2.75, 3.05) is 11.9 Å². The van der Waals surface area contributed by atoms with E-state index in [4.69, 9.17) is 0 Å². The molecule has 1 N–H and O–H groups in total. The van der Waals surface area contributed by atoms with Gasteiger partial charge in [0.15, 0.2) is 5.65 Å². The maximum absolute atomic E-state index is 12.8. The van der Waals surface area contributed by atoms with Crippen LogP contribution < -0.4 is 5.32 Å². The molecule has 2 heterocycles. The Morgan fingerprint density at radius 2 is 1.86 bits per heavy atom. The van der Waals surface area contributed by atoms with Crippen molar-refractivity contribution in [2.24, 2.45) is 11.3 Å². The first kappa shape index (κ1) is 15.5. The molecule has 2 rings (SSSR count). The average molecular weight is 301 g/mol. The largest absolute Gasteiger partial charge is 0.453 e. The monoisotopic (exact) mass is 301 g/mol. The first-order valence-corrected chi connectivity index (χ1v) is 6.65. The third kappa shape index (κ3) is 3.25. The van der Waals surface area contributed by atoms with Crippen molar-refractivity contribution in [2.45, 2.75) is 33.9 Å². The van der Waals surface area contributed by atoms with Crippen LogP contribution in [0, 0.1) is 11.3 Å². The third-order valence-corrected chi connectivity index (χ3v) is 3.80. The van der Waals surface area contributed by atoms with E-state index in [9.17, 15) is 13.2 Å². The van der Waals surface area contributed by atoms with Gasteiger partial charge in [0.1, 0.15) is 5.82 Å². The van der Waals surface area contributed by atoms with Crippen LogP contribution in [0.1, 0.15) is 33.5 Å². The van der Waals surface area contributed by atoms with E-state index in [-0.39, 0.29) is 11.1 Å². The fraction of sp³-hybridized carbons (Fsp3) is 0.615. The molecule has 0 unspecified atom stereocenters. The highest BCUT2D eigenvalue weighted by atomic mass is 19.4. The summed E-state index contributed by atoms with van der Waals surface area (Å²) in [5, 5.41) is 13.6. The zero-order chi connectivity index (χ0) is 15.8. The highest BCUT2D eigenvalue weighted by molar-refractivity contribution is 5.44. The number of anilines is 1. The molecule has 5 nitrogen and oxygen atoms in total. The molecule has 0 atom stereocenters. The lowest BCUT2D eigenvalue weighted by Crippen LogP contribution is -2.29. The van der Waals surface area contributed by atoms with Gasteiger partial charge < -0.3 is 5.32 Å². The summed E-state index contributed by atoms with van der Waals surface area (Å²) in [6, 6.07) is 3.06. The van der Waals surface area contributed by atoms with Gasteiger partial charge in [-0.2, -0.15) is 17.7 Å². The number of hydrogen-bond acceptors (Lipinski definition) is 4. The number of hydrogen-bond donors (Lipinski definition) is 1. The van der Waals surface area contributed by atoms with Crippen molar-refractivity contribution in [3.05, 3.63) is 18.0 Å². The zero-order valence-corrected chi connectivity index (χ0v) is 12.4. The second-order valence-electron chi connectivity index (χ2n) is 6.01. The lowest BCUT2D eigenvalue weighted by Gasteiger charge is -2.29. The van der Waals surface area contributed by atoms with Crippen molar-refractivity contribution < 1.29 is 13.2 Å². The summed E-state index contributed by atoms with van der Waals surface area (Å²) in [5.41, 5.74) is 0.0624. The quantitative estimate of drug-likeness (QED) is 0.942. The van der Waals surface area contributed by atoms with Gasteiger partial charge in [-0.05, 0) is 23.5 Å². The Bertz CT molecular complexity index is 630. The second-order valence-corrected chi connectivity index (χ2v) is 6.01. The first-order chi connectivity index (χ1) is 9.61. The maximum Gasteiger partial charge on any atom is 0.453 e. The first-order valence-electron chi connectivity index (χ1n) is 6.65. The highest BCUT2D eigenvalue weighted by Gasteiger charge is 2.37. The Kier molecular flexibility index (Phi) is 3.81. The fourth-order valence-corrected chi connectivity index (χ4v) is 1.58. The van der Waals surface area contributed by atoms with Gasteiger partial charge in [0.25, 0.3) is 5.82 Å². The number of halogens is 3. The molecule has 0 radical (unpaired) electrons. The van der Waals surface area contributed by atoms with E-state index in [0.717, 1.165) is 0 Å². The standard InChI is InChI=1S/C13H18F3N5/c1-8(2)12(3,4)7-17-9-5-6-10-18-19-11(13(14,15)16)21(10)20-9/h5-6,8H,7H2,1-4H3,(H,17,20). The summed E-state index contributed by atoms with van der Waals surface area (Å²) in [7, 11) is 0. The normalized spacial score (nSPS) is 13.1. The molecule has 0 saturated carbocycles. The van der Waals surface area contributed by atoms with Gasteiger partial charge in [-0.3, -0.25) is 0 Å². The molecule has 0 aliphatic heterocycles. The van der Waals surface area contributed by atoms with E-state index in [1.807, 2.05) is 0 Å². The Morgan fingerprint density at radius 3 is 2.43 bits per heavy atom. The average Bonchev–Trinajstić information content (AvgIpc) is 2.79.